The molecule has 0 saturated heterocycles. The molecular formula is C14H23FN2O. The highest BCUT2D eigenvalue weighted by atomic mass is 19.1. The van der Waals surface area contributed by atoms with Gasteiger partial charge in [-0.1, -0.05) is 19.1 Å². The second-order valence-corrected chi connectivity index (χ2v) is 4.44. The molecule has 1 aromatic carbocycles. The maximum atomic E-state index is 12.9. The molecule has 2 N–H and O–H groups in total. The van der Waals surface area contributed by atoms with Gasteiger partial charge in [0.05, 0.1) is 6.61 Å². The van der Waals surface area contributed by atoms with Gasteiger partial charge < -0.3 is 10.5 Å². The van der Waals surface area contributed by atoms with Crippen LogP contribution in [-0.2, 0) is 4.74 Å². The summed E-state index contributed by atoms with van der Waals surface area (Å²) in [6.45, 7) is 6.65. The van der Waals surface area contributed by atoms with Crippen LogP contribution in [0.1, 0.15) is 25.5 Å². The summed E-state index contributed by atoms with van der Waals surface area (Å²) in [5, 5.41) is 0. The Morgan fingerprint density at radius 3 is 2.44 bits per heavy atom. The Kier molecular flexibility index (Phi) is 6.25. The van der Waals surface area contributed by atoms with Crippen molar-refractivity contribution in [2.45, 2.75) is 25.9 Å². The molecule has 0 aliphatic rings. The van der Waals surface area contributed by atoms with Crippen LogP contribution in [-0.4, -0.2) is 37.7 Å². The van der Waals surface area contributed by atoms with Crippen LogP contribution in [0.4, 0.5) is 4.39 Å². The highest BCUT2D eigenvalue weighted by molar-refractivity contribution is 5.20. The molecule has 0 radical (unpaired) electrons. The predicted molar refractivity (Wildman–Crippen MR) is 71.9 cm³/mol. The van der Waals surface area contributed by atoms with E-state index >= 15 is 0 Å². The Morgan fingerprint density at radius 2 is 1.94 bits per heavy atom. The first-order valence-electron chi connectivity index (χ1n) is 6.34. The molecule has 2 atom stereocenters. The van der Waals surface area contributed by atoms with Crippen LogP contribution in [0, 0.1) is 5.82 Å². The number of hydrogen-bond acceptors (Lipinski definition) is 3. The Hall–Kier alpha value is -0.970. The lowest BCUT2D eigenvalue weighted by Crippen LogP contribution is -2.42. The van der Waals surface area contributed by atoms with Gasteiger partial charge in [0.1, 0.15) is 5.82 Å². The average Bonchev–Trinajstić information content (AvgIpc) is 2.39. The highest BCUT2D eigenvalue weighted by Crippen LogP contribution is 2.18. The van der Waals surface area contributed by atoms with Gasteiger partial charge in [0, 0.05) is 25.7 Å². The van der Waals surface area contributed by atoms with Crippen molar-refractivity contribution in [1.29, 1.82) is 0 Å². The molecule has 4 heteroatoms. The van der Waals surface area contributed by atoms with E-state index in [1.807, 2.05) is 0 Å². The third-order valence-electron chi connectivity index (χ3n) is 3.34. The highest BCUT2D eigenvalue weighted by Gasteiger charge is 2.20. The number of likely N-dealkylation sites (N-methyl/N-ethyl adjacent to an activating group) is 1. The summed E-state index contributed by atoms with van der Waals surface area (Å²) < 4.78 is 18.0. The summed E-state index contributed by atoms with van der Waals surface area (Å²) in [6, 6.07) is 6.47. The van der Waals surface area contributed by atoms with E-state index in [0.29, 0.717) is 6.61 Å². The number of nitrogens with two attached hydrogens (primary N) is 1. The summed E-state index contributed by atoms with van der Waals surface area (Å²) in [5.74, 6) is -0.231. The zero-order valence-corrected chi connectivity index (χ0v) is 11.4. The van der Waals surface area contributed by atoms with E-state index in [9.17, 15) is 4.39 Å². The Labute approximate surface area is 109 Å². The van der Waals surface area contributed by atoms with Crippen molar-refractivity contribution in [2.24, 2.45) is 5.73 Å². The Bertz CT molecular complexity index is 342. The summed E-state index contributed by atoms with van der Waals surface area (Å²) >= 11 is 0. The number of rotatable bonds is 7. The fraction of sp³-hybridized carbons (Fsp3) is 0.571. The number of ether oxygens (including phenoxy) is 1. The Morgan fingerprint density at radius 1 is 1.33 bits per heavy atom. The molecule has 2 unspecified atom stereocenters. The largest absolute Gasteiger partial charge is 0.383 e. The van der Waals surface area contributed by atoms with Crippen LogP contribution in [0.15, 0.2) is 24.3 Å². The van der Waals surface area contributed by atoms with Gasteiger partial charge in [-0.25, -0.2) is 4.39 Å². The Balaban J connectivity index is 2.68. The zero-order chi connectivity index (χ0) is 13.5. The van der Waals surface area contributed by atoms with Gasteiger partial charge in [-0.2, -0.15) is 0 Å². The number of benzene rings is 1. The first-order chi connectivity index (χ1) is 8.60. The molecule has 0 saturated carbocycles. The van der Waals surface area contributed by atoms with Crippen molar-refractivity contribution >= 4 is 0 Å². The number of methoxy groups -OCH3 is 1. The fourth-order valence-corrected chi connectivity index (χ4v) is 2.05. The minimum absolute atomic E-state index is 0.123. The van der Waals surface area contributed by atoms with E-state index < -0.39 is 0 Å². The normalized spacial score (nSPS) is 14.8. The third-order valence-corrected chi connectivity index (χ3v) is 3.34. The standard InChI is InChI=1S/C14H23FN2O/c1-4-17(9-10-18-3)11(2)14(16)12-5-7-13(15)8-6-12/h5-8,11,14H,4,9-10,16H2,1-3H3. The van der Waals surface area contributed by atoms with E-state index in [-0.39, 0.29) is 17.9 Å². The van der Waals surface area contributed by atoms with Crippen molar-refractivity contribution < 1.29 is 9.13 Å². The molecule has 1 aromatic rings. The molecule has 0 spiro atoms. The number of halogens is 1. The van der Waals surface area contributed by atoms with Gasteiger partial charge in [0.25, 0.3) is 0 Å². The van der Waals surface area contributed by atoms with Crippen molar-refractivity contribution in [3.05, 3.63) is 35.6 Å². The first kappa shape index (κ1) is 15.1. The predicted octanol–water partition coefficient (Wildman–Crippen LogP) is 2.18. The van der Waals surface area contributed by atoms with Crippen molar-refractivity contribution in [3.63, 3.8) is 0 Å². The molecule has 0 aliphatic carbocycles. The molecule has 3 nitrogen and oxygen atoms in total. The molecule has 0 heterocycles. The van der Waals surface area contributed by atoms with E-state index in [1.165, 1.54) is 12.1 Å². The van der Waals surface area contributed by atoms with E-state index in [0.717, 1.165) is 18.7 Å². The van der Waals surface area contributed by atoms with Gasteiger partial charge in [-0.3, -0.25) is 4.90 Å². The maximum absolute atomic E-state index is 12.9. The topological polar surface area (TPSA) is 38.5 Å². The first-order valence-corrected chi connectivity index (χ1v) is 6.34. The maximum Gasteiger partial charge on any atom is 0.123 e. The minimum Gasteiger partial charge on any atom is -0.383 e. The lowest BCUT2D eigenvalue weighted by atomic mass is 10.00. The van der Waals surface area contributed by atoms with E-state index in [2.05, 4.69) is 18.7 Å². The van der Waals surface area contributed by atoms with Crippen molar-refractivity contribution in [3.8, 4) is 0 Å². The quantitative estimate of drug-likeness (QED) is 0.810. The summed E-state index contributed by atoms with van der Waals surface area (Å²) in [6.07, 6.45) is 0. The van der Waals surface area contributed by atoms with Gasteiger partial charge in [-0.15, -0.1) is 0 Å². The van der Waals surface area contributed by atoms with Gasteiger partial charge in [0.15, 0.2) is 0 Å². The molecular weight excluding hydrogens is 231 g/mol. The zero-order valence-electron chi connectivity index (χ0n) is 11.4. The lowest BCUT2D eigenvalue weighted by Gasteiger charge is -2.32. The smallest absolute Gasteiger partial charge is 0.123 e. The van der Waals surface area contributed by atoms with Crippen molar-refractivity contribution in [2.75, 3.05) is 26.8 Å². The lowest BCUT2D eigenvalue weighted by molar-refractivity contribution is 0.119. The SMILES string of the molecule is CCN(CCOC)C(C)C(N)c1ccc(F)cc1. The summed E-state index contributed by atoms with van der Waals surface area (Å²) in [4.78, 5) is 2.26. The number of hydrogen-bond donors (Lipinski definition) is 1. The van der Waals surface area contributed by atoms with Gasteiger partial charge in [0.2, 0.25) is 0 Å². The van der Waals surface area contributed by atoms with Crippen LogP contribution in [0.25, 0.3) is 0 Å². The third kappa shape index (κ3) is 4.05. The van der Waals surface area contributed by atoms with Crippen LogP contribution in [0.2, 0.25) is 0 Å². The molecule has 0 bridgehead atoms. The summed E-state index contributed by atoms with van der Waals surface area (Å²) in [5.41, 5.74) is 7.19. The molecule has 18 heavy (non-hydrogen) atoms. The minimum atomic E-state index is -0.231. The second-order valence-electron chi connectivity index (χ2n) is 4.44. The van der Waals surface area contributed by atoms with E-state index in [1.54, 1.807) is 19.2 Å². The monoisotopic (exact) mass is 254 g/mol. The molecule has 0 fully saturated rings. The number of nitrogens with zero attached hydrogens (tertiary/aromatic N) is 1. The van der Waals surface area contributed by atoms with Crippen LogP contribution < -0.4 is 5.73 Å². The van der Waals surface area contributed by atoms with Crippen LogP contribution in [0.5, 0.6) is 0 Å². The van der Waals surface area contributed by atoms with Gasteiger partial charge >= 0.3 is 0 Å². The summed E-state index contributed by atoms with van der Waals surface area (Å²) in [7, 11) is 1.69. The molecule has 0 aliphatic heterocycles. The van der Waals surface area contributed by atoms with E-state index in [4.69, 9.17) is 10.5 Å². The fourth-order valence-electron chi connectivity index (χ4n) is 2.05. The van der Waals surface area contributed by atoms with Crippen molar-refractivity contribution in [1.82, 2.24) is 4.90 Å². The average molecular weight is 254 g/mol. The van der Waals surface area contributed by atoms with Crippen LogP contribution >= 0.6 is 0 Å². The molecule has 0 aromatic heterocycles. The molecule has 0 amide bonds. The molecule has 1 rings (SSSR count). The molecule has 102 valence electrons. The second kappa shape index (κ2) is 7.46. The van der Waals surface area contributed by atoms with Crippen LogP contribution in [0.3, 0.4) is 0 Å². The van der Waals surface area contributed by atoms with Gasteiger partial charge in [-0.05, 0) is 31.2 Å².